The van der Waals surface area contributed by atoms with Crippen LogP contribution in [0.4, 0.5) is 0 Å². The van der Waals surface area contributed by atoms with Crippen LogP contribution in [0.15, 0.2) is 77.7 Å². The van der Waals surface area contributed by atoms with Crippen LogP contribution in [-0.4, -0.2) is 25.8 Å². The van der Waals surface area contributed by atoms with Gasteiger partial charge in [-0.2, -0.15) is 0 Å². The molecule has 1 N–H and O–H groups in total. The molecule has 1 amide bonds. The van der Waals surface area contributed by atoms with E-state index in [1.165, 1.54) is 5.56 Å². The average molecular weight is 473 g/mol. The molecule has 5 nitrogen and oxygen atoms in total. The van der Waals surface area contributed by atoms with Crippen LogP contribution in [0.25, 0.3) is 17.2 Å². The number of carbonyl (C=O) groups is 1. The predicted molar refractivity (Wildman–Crippen MR) is 135 cm³/mol. The zero-order valence-electron chi connectivity index (χ0n) is 19.0. The first-order valence-corrected chi connectivity index (χ1v) is 13.2. The van der Waals surface area contributed by atoms with Gasteiger partial charge in [0.1, 0.15) is 0 Å². The van der Waals surface area contributed by atoms with Gasteiger partial charge in [0, 0.05) is 26.1 Å². The van der Waals surface area contributed by atoms with Gasteiger partial charge in [-0.1, -0.05) is 72.8 Å². The maximum absolute atomic E-state index is 13.0. The largest absolute Gasteiger partial charge is 0.338 e. The number of hydrogen-bond donors (Lipinski definition) is 1. The third-order valence-electron chi connectivity index (χ3n) is 6.64. The summed E-state index contributed by atoms with van der Waals surface area (Å²) in [5, 5.41) is 0. The molecule has 0 spiro atoms. The lowest BCUT2D eigenvalue weighted by molar-refractivity contribution is -0.128. The monoisotopic (exact) mass is 472 g/mol. The molecule has 0 bridgehead atoms. The van der Waals surface area contributed by atoms with E-state index in [-0.39, 0.29) is 12.5 Å². The van der Waals surface area contributed by atoms with Crippen molar-refractivity contribution < 1.29 is 13.2 Å². The van der Waals surface area contributed by atoms with Crippen molar-refractivity contribution in [2.24, 2.45) is 0 Å². The molecule has 1 aliphatic carbocycles. The minimum absolute atomic E-state index is 0.221. The van der Waals surface area contributed by atoms with Crippen molar-refractivity contribution in [1.82, 2.24) is 9.62 Å². The number of hydrogen-bond acceptors (Lipinski definition) is 3. The molecule has 1 aliphatic heterocycles. The summed E-state index contributed by atoms with van der Waals surface area (Å²) in [6.45, 7) is 1.69. The smallest absolute Gasteiger partial charge is 0.237 e. The van der Waals surface area contributed by atoms with Crippen molar-refractivity contribution >= 4 is 22.0 Å². The van der Waals surface area contributed by atoms with E-state index in [0.29, 0.717) is 24.3 Å². The quantitative estimate of drug-likeness (QED) is 0.533. The van der Waals surface area contributed by atoms with Crippen LogP contribution in [0.5, 0.6) is 0 Å². The Bertz CT molecular complexity index is 1340. The molecule has 2 aliphatic rings. The van der Waals surface area contributed by atoms with Crippen molar-refractivity contribution in [1.29, 1.82) is 0 Å². The summed E-state index contributed by atoms with van der Waals surface area (Å²) in [5.41, 5.74) is 6.20. The molecule has 3 aromatic rings. The molecule has 6 heteroatoms. The van der Waals surface area contributed by atoms with E-state index in [2.05, 4.69) is 4.72 Å². The van der Waals surface area contributed by atoms with Gasteiger partial charge < -0.3 is 4.90 Å². The number of benzene rings is 3. The Morgan fingerprint density at radius 3 is 2.41 bits per heavy atom. The van der Waals surface area contributed by atoms with Gasteiger partial charge in [-0.05, 0) is 58.7 Å². The highest BCUT2D eigenvalue weighted by molar-refractivity contribution is 7.93. The van der Waals surface area contributed by atoms with Gasteiger partial charge in [0.2, 0.25) is 15.9 Å². The van der Waals surface area contributed by atoms with E-state index in [0.717, 1.165) is 47.2 Å². The number of fused-ring (bicyclic) bond motifs is 1. The normalized spacial score (nSPS) is 15.8. The Labute approximate surface area is 201 Å². The SMILES string of the molecule is O=C1CCCN1Cc1ccc(-c2ccccc2CNS(=O)(=O)C2=Cc3ccccc3CC2)cc1. The summed E-state index contributed by atoms with van der Waals surface area (Å²) in [4.78, 5) is 14.2. The minimum Gasteiger partial charge on any atom is -0.338 e. The van der Waals surface area contributed by atoms with Gasteiger partial charge in [-0.15, -0.1) is 0 Å². The molecular weight excluding hydrogens is 444 g/mol. The van der Waals surface area contributed by atoms with Crippen LogP contribution in [0.2, 0.25) is 0 Å². The average Bonchev–Trinajstić information content (AvgIpc) is 3.27. The lowest BCUT2D eigenvalue weighted by Crippen LogP contribution is -2.26. The van der Waals surface area contributed by atoms with Crippen LogP contribution < -0.4 is 4.72 Å². The first-order chi connectivity index (χ1) is 16.5. The summed E-state index contributed by atoms with van der Waals surface area (Å²) in [6, 6.07) is 24.0. The van der Waals surface area contributed by atoms with Crippen LogP contribution in [0.3, 0.4) is 0 Å². The molecule has 0 saturated carbocycles. The molecule has 0 unspecified atom stereocenters. The van der Waals surface area contributed by atoms with E-state index in [9.17, 15) is 13.2 Å². The molecule has 1 heterocycles. The molecule has 0 radical (unpaired) electrons. The van der Waals surface area contributed by atoms with Crippen molar-refractivity contribution in [3.05, 3.63) is 100.0 Å². The summed E-state index contributed by atoms with van der Waals surface area (Å²) >= 11 is 0. The van der Waals surface area contributed by atoms with Gasteiger partial charge in [-0.25, -0.2) is 13.1 Å². The number of allylic oxidation sites excluding steroid dienone is 1. The fourth-order valence-corrected chi connectivity index (χ4v) is 5.90. The summed E-state index contributed by atoms with van der Waals surface area (Å²) in [7, 11) is -3.57. The molecule has 5 rings (SSSR count). The first-order valence-electron chi connectivity index (χ1n) is 11.7. The number of nitrogens with one attached hydrogen (secondary N) is 1. The lowest BCUT2D eigenvalue weighted by atomic mass is 9.98. The second kappa shape index (κ2) is 9.57. The fourth-order valence-electron chi connectivity index (χ4n) is 4.72. The summed E-state index contributed by atoms with van der Waals surface area (Å²) in [5.74, 6) is 0.221. The van der Waals surface area contributed by atoms with Gasteiger partial charge in [-0.3, -0.25) is 4.79 Å². The number of carbonyl (C=O) groups excluding carboxylic acids is 1. The zero-order valence-corrected chi connectivity index (χ0v) is 19.9. The van der Waals surface area contributed by atoms with Gasteiger partial charge in [0.05, 0.1) is 4.91 Å². The van der Waals surface area contributed by atoms with Crippen LogP contribution in [0, 0.1) is 0 Å². The highest BCUT2D eigenvalue weighted by Crippen LogP contribution is 2.28. The number of aryl methyl sites for hydroxylation is 1. The number of rotatable bonds is 7. The minimum atomic E-state index is -3.57. The molecule has 1 saturated heterocycles. The van der Waals surface area contributed by atoms with Gasteiger partial charge >= 0.3 is 0 Å². The van der Waals surface area contributed by atoms with E-state index in [1.807, 2.05) is 77.7 Å². The number of amides is 1. The van der Waals surface area contributed by atoms with E-state index in [4.69, 9.17) is 0 Å². The second-order valence-electron chi connectivity index (χ2n) is 8.91. The Hall–Kier alpha value is -3.22. The Balaban J connectivity index is 1.31. The highest BCUT2D eigenvalue weighted by atomic mass is 32.2. The number of nitrogens with zero attached hydrogens (tertiary/aromatic N) is 1. The van der Waals surface area contributed by atoms with Crippen LogP contribution in [-0.2, 0) is 34.3 Å². The van der Waals surface area contributed by atoms with Gasteiger partial charge in [0.15, 0.2) is 0 Å². The molecule has 3 aromatic carbocycles. The second-order valence-corrected chi connectivity index (χ2v) is 10.7. The third-order valence-corrected chi connectivity index (χ3v) is 8.17. The topological polar surface area (TPSA) is 66.5 Å². The molecule has 0 atom stereocenters. The molecule has 34 heavy (non-hydrogen) atoms. The van der Waals surface area contributed by atoms with E-state index < -0.39 is 10.0 Å². The molecule has 1 fully saturated rings. The van der Waals surface area contributed by atoms with Crippen molar-refractivity contribution in [2.75, 3.05) is 6.54 Å². The third kappa shape index (κ3) is 4.83. The number of sulfonamides is 1. The van der Waals surface area contributed by atoms with E-state index in [1.54, 1.807) is 6.08 Å². The van der Waals surface area contributed by atoms with Crippen LogP contribution >= 0.6 is 0 Å². The number of likely N-dealkylation sites (tertiary alicyclic amines) is 1. The molecular formula is C28H28N2O3S. The summed E-state index contributed by atoms with van der Waals surface area (Å²) < 4.78 is 28.9. The van der Waals surface area contributed by atoms with Gasteiger partial charge in [0.25, 0.3) is 0 Å². The molecule has 0 aromatic heterocycles. The predicted octanol–water partition coefficient (Wildman–Crippen LogP) is 4.88. The lowest BCUT2D eigenvalue weighted by Gasteiger charge is -2.18. The fraction of sp³-hybridized carbons (Fsp3) is 0.250. The van der Waals surface area contributed by atoms with Crippen molar-refractivity contribution in [3.63, 3.8) is 0 Å². The summed E-state index contributed by atoms with van der Waals surface area (Å²) in [6.07, 6.45) is 4.61. The first kappa shape index (κ1) is 22.6. The zero-order chi connectivity index (χ0) is 23.5. The molecule has 174 valence electrons. The highest BCUT2D eigenvalue weighted by Gasteiger charge is 2.22. The maximum atomic E-state index is 13.0. The maximum Gasteiger partial charge on any atom is 0.237 e. The van der Waals surface area contributed by atoms with E-state index >= 15 is 0 Å². The Morgan fingerprint density at radius 2 is 1.62 bits per heavy atom. The van der Waals surface area contributed by atoms with Crippen LogP contribution in [0.1, 0.15) is 41.5 Å². The van der Waals surface area contributed by atoms with Crippen molar-refractivity contribution in [2.45, 2.75) is 38.8 Å². The van der Waals surface area contributed by atoms with Crippen molar-refractivity contribution in [3.8, 4) is 11.1 Å². The Morgan fingerprint density at radius 1 is 0.853 bits per heavy atom. The standard InChI is InChI=1S/C28H28N2O3S/c31-28-10-5-17-30(28)20-21-11-13-23(14-12-21)27-9-4-3-8-25(27)19-29-34(32,33)26-16-15-22-6-1-2-7-24(22)18-26/h1-4,6-9,11-14,18,29H,5,10,15-17,19-20H2. The Kier molecular flexibility index (Phi) is 6.35.